The van der Waals surface area contributed by atoms with Gasteiger partial charge in [0.25, 0.3) is 5.91 Å². The topological polar surface area (TPSA) is 112 Å². The van der Waals surface area contributed by atoms with E-state index in [1.807, 2.05) is 24.3 Å². The largest absolute Gasteiger partial charge is 0.493 e. The molecule has 2 unspecified atom stereocenters. The molecule has 1 heterocycles. The molecule has 35 heavy (non-hydrogen) atoms. The molecule has 0 bridgehead atoms. The van der Waals surface area contributed by atoms with Crippen molar-refractivity contribution in [3.05, 3.63) is 71.1 Å². The first kappa shape index (κ1) is 24.0. The molecule has 1 aliphatic heterocycles. The quantitative estimate of drug-likeness (QED) is 0.619. The van der Waals surface area contributed by atoms with E-state index in [2.05, 4.69) is 12.2 Å². The molecule has 0 radical (unpaired) electrons. The Morgan fingerprint density at radius 1 is 1.09 bits per heavy atom. The van der Waals surface area contributed by atoms with Gasteiger partial charge in [0, 0.05) is 17.7 Å². The maximum absolute atomic E-state index is 12.7. The normalized spacial score (nSPS) is 19.4. The Kier molecular flexibility index (Phi) is 6.86. The van der Waals surface area contributed by atoms with Gasteiger partial charge in [-0.25, -0.2) is 4.79 Å². The minimum atomic E-state index is -0.494. The van der Waals surface area contributed by atoms with E-state index in [0.717, 1.165) is 12.0 Å². The summed E-state index contributed by atoms with van der Waals surface area (Å²) in [5.74, 6) is 1.36. The molecule has 2 aromatic rings. The smallest absolute Gasteiger partial charge is 0.415 e. The van der Waals surface area contributed by atoms with Crippen molar-refractivity contribution in [1.29, 1.82) is 0 Å². The third-order valence-electron chi connectivity index (χ3n) is 6.08. The second-order valence-electron chi connectivity index (χ2n) is 8.38. The number of anilines is 1. The first-order valence-electron chi connectivity index (χ1n) is 11.2. The number of nitrogens with one attached hydrogen (secondary N) is 1. The molecule has 2 aromatic carbocycles. The lowest BCUT2D eigenvalue weighted by atomic mass is 9.99. The number of carbonyl (C=O) groups excluding carboxylic acids is 2. The lowest BCUT2D eigenvalue weighted by Gasteiger charge is -2.24. The van der Waals surface area contributed by atoms with Crippen LogP contribution in [-0.4, -0.2) is 39.9 Å². The molecule has 0 aromatic heterocycles. The van der Waals surface area contributed by atoms with Crippen molar-refractivity contribution in [3.8, 4) is 17.2 Å². The van der Waals surface area contributed by atoms with Crippen LogP contribution in [0.25, 0.3) is 0 Å². The number of methoxy groups -OCH3 is 3. The molecule has 2 atom stereocenters. The molecule has 2 aliphatic rings. The standard InChI is InChI=1S/C26H29N3O6/c1-15-5-10-20(19(27)11-15)28-25(30)17-8-6-16(7-9-17)21-14-35-26(31)29(21)18-12-22(32-2)24(34-4)23(13-18)33-3/h6-13,15,21H,5,14,27H2,1-4H3,(H,28,30). The molecule has 1 fully saturated rings. The molecule has 4 rings (SSSR count). The minimum Gasteiger partial charge on any atom is -0.493 e. The molecule has 3 N–H and O–H groups in total. The Hall–Kier alpha value is -4.14. The number of cyclic esters (lactones) is 1. The predicted octanol–water partition coefficient (Wildman–Crippen LogP) is 3.91. The van der Waals surface area contributed by atoms with E-state index in [4.69, 9.17) is 24.7 Å². The Morgan fingerprint density at radius 3 is 2.31 bits per heavy atom. The monoisotopic (exact) mass is 479 g/mol. The van der Waals surface area contributed by atoms with Crippen LogP contribution in [0.4, 0.5) is 10.5 Å². The fourth-order valence-electron chi connectivity index (χ4n) is 4.22. The summed E-state index contributed by atoms with van der Waals surface area (Å²) < 4.78 is 21.6. The number of hydrogen-bond donors (Lipinski definition) is 2. The van der Waals surface area contributed by atoms with Crippen molar-refractivity contribution < 1.29 is 28.5 Å². The number of carbonyl (C=O) groups is 2. The van der Waals surface area contributed by atoms with E-state index in [1.54, 1.807) is 24.3 Å². The highest BCUT2D eigenvalue weighted by Crippen LogP contribution is 2.44. The molecule has 0 saturated carbocycles. The van der Waals surface area contributed by atoms with Gasteiger partial charge in [-0.05, 0) is 30.0 Å². The maximum Gasteiger partial charge on any atom is 0.415 e. The number of hydrogen-bond acceptors (Lipinski definition) is 7. The molecule has 184 valence electrons. The first-order valence-corrected chi connectivity index (χ1v) is 11.2. The van der Waals surface area contributed by atoms with E-state index >= 15 is 0 Å². The highest BCUT2D eigenvalue weighted by molar-refractivity contribution is 5.96. The number of amides is 2. The van der Waals surface area contributed by atoms with Gasteiger partial charge >= 0.3 is 6.09 Å². The van der Waals surface area contributed by atoms with Crippen molar-refractivity contribution in [2.24, 2.45) is 11.7 Å². The summed E-state index contributed by atoms with van der Waals surface area (Å²) in [7, 11) is 4.54. The van der Waals surface area contributed by atoms with Crippen LogP contribution in [0, 0.1) is 5.92 Å². The zero-order valence-electron chi connectivity index (χ0n) is 20.2. The molecular weight excluding hydrogens is 450 g/mol. The summed E-state index contributed by atoms with van der Waals surface area (Å²) in [5.41, 5.74) is 9.06. The lowest BCUT2D eigenvalue weighted by Crippen LogP contribution is -2.28. The highest BCUT2D eigenvalue weighted by Gasteiger charge is 2.36. The van der Waals surface area contributed by atoms with Crippen molar-refractivity contribution in [2.75, 3.05) is 32.8 Å². The van der Waals surface area contributed by atoms with Gasteiger partial charge in [-0.1, -0.05) is 31.2 Å². The molecule has 0 spiro atoms. The van der Waals surface area contributed by atoms with Crippen molar-refractivity contribution in [1.82, 2.24) is 5.32 Å². The summed E-state index contributed by atoms with van der Waals surface area (Å²) in [6.45, 7) is 2.23. The Morgan fingerprint density at radius 2 is 1.74 bits per heavy atom. The zero-order chi connectivity index (χ0) is 25.1. The summed E-state index contributed by atoms with van der Waals surface area (Å²) in [6, 6.07) is 10.0. The van der Waals surface area contributed by atoms with E-state index in [9.17, 15) is 9.59 Å². The van der Waals surface area contributed by atoms with Crippen LogP contribution in [0.1, 0.15) is 35.3 Å². The number of allylic oxidation sites excluding steroid dienone is 2. The van der Waals surface area contributed by atoms with Gasteiger partial charge in [-0.2, -0.15) is 0 Å². The zero-order valence-corrected chi connectivity index (χ0v) is 20.2. The fourth-order valence-corrected chi connectivity index (χ4v) is 4.22. The summed E-state index contributed by atoms with van der Waals surface area (Å²) in [5, 5.41) is 2.87. The maximum atomic E-state index is 12.7. The Balaban J connectivity index is 1.57. The van der Waals surface area contributed by atoms with Gasteiger partial charge in [0.05, 0.1) is 44.5 Å². The average molecular weight is 480 g/mol. The average Bonchev–Trinajstić information content (AvgIpc) is 3.26. The molecule has 2 amide bonds. The van der Waals surface area contributed by atoms with Crippen LogP contribution in [-0.2, 0) is 4.74 Å². The third-order valence-corrected chi connectivity index (χ3v) is 6.08. The van der Waals surface area contributed by atoms with Gasteiger partial charge in [0.2, 0.25) is 5.75 Å². The van der Waals surface area contributed by atoms with Crippen molar-refractivity contribution in [2.45, 2.75) is 19.4 Å². The second kappa shape index (κ2) is 10.0. The van der Waals surface area contributed by atoms with Gasteiger partial charge in [0.15, 0.2) is 11.5 Å². The number of rotatable bonds is 7. The Labute approximate surface area is 204 Å². The first-order chi connectivity index (χ1) is 16.9. The van der Waals surface area contributed by atoms with Crippen molar-refractivity contribution in [3.63, 3.8) is 0 Å². The van der Waals surface area contributed by atoms with E-state index in [1.165, 1.54) is 26.2 Å². The highest BCUT2D eigenvalue weighted by atomic mass is 16.6. The third kappa shape index (κ3) is 4.75. The van der Waals surface area contributed by atoms with Crippen LogP contribution < -0.4 is 30.2 Å². The van der Waals surface area contributed by atoms with Crippen LogP contribution in [0.3, 0.4) is 0 Å². The molecule has 9 heteroatoms. The van der Waals surface area contributed by atoms with Gasteiger partial charge in [-0.3, -0.25) is 9.69 Å². The fraction of sp³-hybridized carbons (Fsp3) is 0.308. The van der Waals surface area contributed by atoms with Crippen LogP contribution in [0.15, 0.2) is 59.9 Å². The van der Waals surface area contributed by atoms with E-state index in [-0.39, 0.29) is 12.5 Å². The van der Waals surface area contributed by atoms with Gasteiger partial charge in [0.1, 0.15) is 6.61 Å². The summed E-state index contributed by atoms with van der Waals surface area (Å²) in [6.07, 6.45) is 4.20. The molecule has 9 nitrogen and oxygen atoms in total. The molecular formula is C26H29N3O6. The SMILES string of the molecule is COc1cc(N2C(=O)OCC2c2ccc(C(=O)NC3=CCC(C)C=C3N)cc2)cc(OC)c1OC. The van der Waals surface area contributed by atoms with Gasteiger partial charge < -0.3 is 30.0 Å². The number of nitrogens with two attached hydrogens (primary N) is 1. The van der Waals surface area contributed by atoms with E-state index in [0.29, 0.717) is 45.8 Å². The predicted molar refractivity (Wildman–Crippen MR) is 131 cm³/mol. The number of nitrogens with zero attached hydrogens (tertiary/aromatic N) is 1. The minimum absolute atomic E-state index is 0.160. The lowest BCUT2D eigenvalue weighted by molar-refractivity contribution is 0.0966. The van der Waals surface area contributed by atoms with Crippen LogP contribution >= 0.6 is 0 Å². The van der Waals surface area contributed by atoms with Crippen molar-refractivity contribution >= 4 is 17.7 Å². The number of benzene rings is 2. The Bertz CT molecular complexity index is 1160. The summed E-state index contributed by atoms with van der Waals surface area (Å²) >= 11 is 0. The second-order valence-corrected chi connectivity index (χ2v) is 8.38. The van der Waals surface area contributed by atoms with Gasteiger partial charge in [-0.15, -0.1) is 0 Å². The summed E-state index contributed by atoms with van der Waals surface area (Å²) in [4.78, 5) is 26.9. The van der Waals surface area contributed by atoms with Crippen LogP contribution in [0.5, 0.6) is 17.2 Å². The number of ether oxygens (including phenoxy) is 4. The molecule has 1 saturated heterocycles. The van der Waals surface area contributed by atoms with E-state index < -0.39 is 12.1 Å². The van der Waals surface area contributed by atoms with Crippen LogP contribution in [0.2, 0.25) is 0 Å². The molecule has 1 aliphatic carbocycles.